The van der Waals surface area contributed by atoms with Crippen LogP contribution in [0, 0.1) is 0 Å². The molecule has 0 saturated carbocycles. The van der Waals surface area contributed by atoms with Gasteiger partial charge in [0.25, 0.3) is 0 Å². The van der Waals surface area contributed by atoms with E-state index in [1.807, 2.05) is 19.1 Å². The van der Waals surface area contributed by atoms with E-state index in [-0.39, 0.29) is 5.41 Å². The molecule has 0 bridgehead atoms. The van der Waals surface area contributed by atoms with Crippen LogP contribution in [0.4, 0.5) is 0 Å². The number of thiol groups is 1. The number of hydrogen-bond acceptors (Lipinski definition) is 3. The summed E-state index contributed by atoms with van der Waals surface area (Å²) in [5.74, 6) is 1.76. The van der Waals surface area contributed by atoms with Gasteiger partial charge in [0.1, 0.15) is 5.75 Å². The molecule has 0 amide bonds. The van der Waals surface area contributed by atoms with Crippen molar-refractivity contribution in [2.75, 3.05) is 25.6 Å². The van der Waals surface area contributed by atoms with Crippen molar-refractivity contribution in [1.29, 1.82) is 0 Å². The molecule has 1 aromatic rings. The molecule has 2 nitrogen and oxygen atoms in total. The normalized spacial score (nSPS) is 18.3. The second kappa shape index (κ2) is 4.45. The Morgan fingerprint density at radius 1 is 1.33 bits per heavy atom. The molecule has 0 radical (unpaired) electrons. The molecule has 3 heteroatoms. The standard InChI is InChI=1S/C12H16O2S/c1-2-14-11-5-3-10(4-6-11)12(9-15)7-13-8-12/h3-6,15H,2,7-9H2,1H3. The molecule has 0 aromatic heterocycles. The Hall–Kier alpha value is -0.670. The van der Waals surface area contributed by atoms with Crippen LogP contribution in [0.1, 0.15) is 12.5 Å². The van der Waals surface area contributed by atoms with Gasteiger partial charge in [0.05, 0.1) is 25.2 Å². The van der Waals surface area contributed by atoms with Gasteiger partial charge in [-0.2, -0.15) is 12.6 Å². The minimum absolute atomic E-state index is 0.133. The molecule has 0 N–H and O–H groups in total. The minimum Gasteiger partial charge on any atom is -0.494 e. The fourth-order valence-corrected chi connectivity index (χ4v) is 2.13. The Bertz CT molecular complexity index is 311. The zero-order valence-electron chi connectivity index (χ0n) is 8.90. The molecule has 1 fully saturated rings. The lowest BCUT2D eigenvalue weighted by atomic mass is 9.80. The van der Waals surface area contributed by atoms with Gasteiger partial charge in [-0.15, -0.1) is 0 Å². The smallest absolute Gasteiger partial charge is 0.119 e. The molecule has 2 rings (SSSR count). The SMILES string of the molecule is CCOc1ccc(C2(CS)COC2)cc1. The van der Waals surface area contributed by atoms with E-state index in [1.165, 1.54) is 5.56 Å². The van der Waals surface area contributed by atoms with Crippen molar-refractivity contribution in [1.82, 2.24) is 0 Å². The van der Waals surface area contributed by atoms with Crippen LogP contribution in [0.2, 0.25) is 0 Å². The molecule has 0 atom stereocenters. The molecular weight excluding hydrogens is 208 g/mol. The summed E-state index contributed by atoms with van der Waals surface area (Å²) in [7, 11) is 0. The average molecular weight is 224 g/mol. The van der Waals surface area contributed by atoms with E-state index in [9.17, 15) is 0 Å². The molecule has 0 aliphatic carbocycles. The molecule has 1 saturated heterocycles. The molecule has 15 heavy (non-hydrogen) atoms. The number of rotatable bonds is 4. The molecule has 0 unspecified atom stereocenters. The lowest BCUT2D eigenvalue weighted by Crippen LogP contribution is -2.48. The molecule has 1 aliphatic rings. The first-order chi connectivity index (χ1) is 7.30. The first kappa shape index (κ1) is 10.8. The van der Waals surface area contributed by atoms with E-state index >= 15 is 0 Å². The van der Waals surface area contributed by atoms with Gasteiger partial charge >= 0.3 is 0 Å². The third-order valence-electron chi connectivity index (χ3n) is 2.84. The average Bonchev–Trinajstić information content (AvgIpc) is 2.20. The Morgan fingerprint density at radius 3 is 2.40 bits per heavy atom. The zero-order valence-corrected chi connectivity index (χ0v) is 9.80. The van der Waals surface area contributed by atoms with E-state index in [2.05, 4.69) is 24.8 Å². The monoisotopic (exact) mass is 224 g/mol. The van der Waals surface area contributed by atoms with Crippen LogP contribution in [-0.4, -0.2) is 25.6 Å². The van der Waals surface area contributed by atoms with Crippen molar-refractivity contribution >= 4 is 12.6 Å². The van der Waals surface area contributed by atoms with Gasteiger partial charge < -0.3 is 9.47 Å². The highest BCUT2D eigenvalue weighted by atomic mass is 32.1. The summed E-state index contributed by atoms with van der Waals surface area (Å²) < 4.78 is 10.7. The second-order valence-electron chi connectivity index (χ2n) is 3.89. The fourth-order valence-electron chi connectivity index (χ4n) is 1.77. The van der Waals surface area contributed by atoms with Crippen molar-refractivity contribution in [2.45, 2.75) is 12.3 Å². The number of benzene rings is 1. The maximum Gasteiger partial charge on any atom is 0.119 e. The Balaban J connectivity index is 2.15. The van der Waals surface area contributed by atoms with Crippen LogP contribution in [0.15, 0.2) is 24.3 Å². The van der Waals surface area contributed by atoms with Crippen molar-refractivity contribution in [3.63, 3.8) is 0 Å². The number of hydrogen-bond donors (Lipinski definition) is 1. The topological polar surface area (TPSA) is 18.5 Å². The van der Waals surface area contributed by atoms with Crippen molar-refractivity contribution in [3.05, 3.63) is 29.8 Å². The van der Waals surface area contributed by atoms with Gasteiger partial charge in [-0.25, -0.2) is 0 Å². The molecule has 1 aliphatic heterocycles. The Labute approximate surface area is 96.0 Å². The van der Waals surface area contributed by atoms with Crippen molar-refractivity contribution < 1.29 is 9.47 Å². The lowest BCUT2D eigenvalue weighted by molar-refractivity contribution is -0.0471. The maximum atomic E-state index is 5.41. The molecular formula is C12H16O2S. The highest BCUT2D eigenvalue weighted by Gasteiger charge is 2.38. The summed E-state index contributed by atoms with van der Waals surface area (Å²) in [5, 5.41) is 0. The first-order valence-corrected chi connectivity index (χ1v) is 5.86. The van der Waals surface area contributed by atoms with Gasteiger partial charge in [-0.1, -0.05) is 12.1 Å². The summed E-state index contributed by atoms with van der Waals surface area (Å²) in [6.45, 7) is 4.26. The summed E-state index contributed by atoms with van der Waals surface area (Å²) in [4.78, 5) is 0. The second-order valence-corrected chi connectivity index (χ2v) is 4.20. The first-order valence-electron chi connectivity index (χ1n) is 5.23. The maximum absolute atomic E-state index is 5.41. The summed E-state index contributed by atoms with van der Waals surface area (Å²) in [6, 6.07) is 8.26. The van der Waals surface area contributed by atoms with Crippen LogP contribution in [0.3, 0.4) is 0 Å². The van der Waals surface area contributed by atoms with Gasteiger partial charge in [0, 0.05) is 5.75 Å². The predicted molar refractivity (Wildman–Crippen MR) is 64.0 cm³/mol. The van der Waals surface area contributed by atoms with E-state index in [1.54, 1.807) is 0 Å². The summed E-state index contributed by atoms with van der Waals surface area (Å²) in [6.07, 6.45) is 0. The van der Waals surface area contributed by atoms with Crippen LogP contribution in [0.25, 0.3) is 0 Å². The van der Waals surface area contributed by atoms with Crippen LogP contribution < -0.4 is 4.74 Å². The summed E-state index contributed by atoms with van der Waals surface area (Å²) in [5.41, 5.74) is 1.43. The van der Waals surface area contributed by atoms with Gasteiger partial charge in [-0.3, -0.25) is 0 Å². The van der Waals surface area contributed by atoms with E-state index in [4.69, 9.17) is 9.47 Å². The Morgan fingerprint density at radius 2 is 2.00 bits per heavy atom. The largest absolute Gasteiger partial charge is 0.494 e. The highest BCUT2D eigenvalue weighted by molar-refractivity contribution is 7.80. The van der Waals surface area contributed by atoms with Crippen LogP contribution in [0.5, 0.6) is 5.75 Å². The molecule has 0 spiro atoms. The fraction of sp³-hybridized carbons (Fsp3) is 0.500. The third-order valence-corrected chi connectivity index (χ3v) is 3.44. The minimum atomic E-state index is 0.133. The predicted octanol–water partition coefficient (Wildman–Crippen LogP) is 2.28. The Kier molecular flexibility index (Phi) is 3.22. The third kappa shape index (κ3) is 1.99. The van der Waals surface area contributed by atoms with Crippen molar-refractivity contribution in [3.8, 4) is 5.75 Å². The lowest BCUT2D eigenvalue weighted by Gasteiger charge is -2.40. The van der Waals surface area contributed by atoms with E-state index in [0.717, 1.165) is 24.7 Å². The number of ether oxygens (including phenoxy) is 2. The zero-order chi connectivity index (χ0) is 10.7. The van der Waals surface area contributed by atoms with E-state index < -0.39 is 0 Å². The quantitative estimate of drug-likeness (QED) is 0.791. The molecule has 82 valence electrons. The van der Waals surface area contributed by atoms with Gasteiger partial charge in [0.15, 0.2) is 0 Å². The molecule has 1 aromatic carbocycles. The van der Waals surface area contributed by atoms with E-state index in [0.29, 0.717) is 6.61 Å². The van der Waals surface area contributed by atoms with Crippen molar-refractivity contribution in [2.24, 2.45) is 0 Å². The molecule has 1 heterocycles. The summed E-state index contributed by atoms with van der Waals surface area (Å²) >= 11 is 4.40. The van der Waals surface area contributed by atoms with Gasteiger partial charge in [-0.05, 0) is 24.6 Å². The van der Waals surface area contributed by atoms with Crippen LogP contribution >= 0.6 is 12.6 Å². The van der Waals surface area contributed by atoms with Gasteiger partial charge in [0.2, 0.25) is 0 Å². The van der Waals surface area contributed by atoms with Crippen LogP contribution in [-0.2, 0) is 10.2 Å². The highest BCUT2D eigenvalue weighted by Crippen LogP contribution is 2.34.